The molecule has 0 fully saturated rings. The highest BCUT2D eigenvalue weighted by molar-refractivity contribution is 8.00. The van der Waals surface area contributed by atoms with E-state index in [0.29, 0.717) is 5.69 Å². The number of nitrogens with zero attached hydrogens (tertiary/aromatic N) is 1. The quantitative estimate of drug-likeness (QED) is 0.588. The first kappa shape index (κ1) is 18.8. The molecule has 0 bridgehead atoms. The van der Waals surface area contributed by atoms with E-state index in [1.807, 2.05) is 0 Å². The van der Waals surface area contributed by atoms with E-state index in [0.717, 1.165) is 4.90 Å². The smallest absolute Gasteiger partial charge is 0.355 e. The number of benzene rings is 1. The Hall–Kier alpha value is -2.52. The highest BCUT2D eigenvalue weighted by atomic mass is 32.2. The molecule has 9 heteroatoms. The van der Waals surface area contributed by atoms with Crippen LogP contribution in [-0.4, -0.2) is 56.3 Å². The van der Waals surface area contributed by atoms with Crippen LogP contribution in [0.1, 0.15) is 0 Å². The number of thioether (sulfide) groups is 1. The number of carbonyl (C=O) groups excluding carboxylic acids is 2. The predicted octanol–water partition coefficient (Wildman–Crippen LogP) is 1.26. The van der Waals surface area contributed by atoms with Crippen LogP contribution >= 0.6 is 11.8 Å². The fourth-order valence-electron chi connectivity index (χ4n) is 2.21. The number of anilines is 1. The van der Waals surface area contributed by atoms with Gasteiger partial charge in [-0.05, 0) is 24.3 Å². The maximum Gasteiger partial charge on any atom is 0.355 e. The van der Waals surface area contributed by atoms with Gasteiger partial charge < -0.3 is 24.2 Å². The third-order valence-electron chi connectivity index (χ3n) is 3.34. The van der Waals surface area contributed by atoms with E-state index in [4.69, 9.17) is 19.3 Å². The standard InChI is InChI=1S/C16H17NO7S/c1-22-15(20)12-7-24-9-17(14(12)16(21)23-2)10-3-5-11(6-4-10)25-8-13(18)19/h3-6H,7-9H2,1-2H3,(H,18,19). The van der Waals surface area contributed by atoms with Crippen molar-refractivity contribution in [3.63, 3.8) is 0 Å². The minimum Gasteiger partial charge on any atom is -0.481 e. The molecule has 8 nitrogen and oxygen atoms in total. The zero-order valence-electron chi connectivity index (χ0n) is 13.7. The van der Waals surface area contributed by atoms with Crippen molar-refractivity contribution in [1.82, 2.24) is 0 Å². The number of rotatable bonds is 6. The molecule has 0 aliphatic carbocycles. The van der Waals surface area contributed by atoms with Crippen LogP contribution in [0.3, 0.4) is 0 Å². The van der Waals surface area contributed by atoms with Gasteiger partial charge in [-0.15, -0.1) is 11.8 Å². The van der Waals surface area contributed by atoms with Gasteiger partial charge in [-0.1, -0.05) is 0 Å². The van der Waals surface area contributed by atoms with Gasteiger partial charge in [-0.25, -0.2) is 9.59 Å². The number of ether oxygens (including phenoxy) is 3. The van der Waals surface area contributed by atoms with E-state index in [1.54, 1.807) is 24.3 Å². The third kappa shape index (κ3) is 4.52. The molecule has 0 aromatic heterocycles. The number of carboxylic acids is 1. The minimum absolute atomic E-state index is 0.0496. The first-order valence-electron chi connectivity index (χ1n) is 7.17. The Balaban J connectivity index is 2.33. The van der Waals surface area contributed by atoms with E-state index in [2.05, 4.69) is 0 Å². The number of hydrogen-bond acceptors (Lipinski definition) is 8. The average Bonchev–Trinajstić information content (AvgIpc) is 2.64. The van der Waals surface area contributed by atoms with Gasteiger partial charge in [-0.2, -0.15) is 0 Å². The normalized spacial score (nSPS) is 14.2. The van der Waals surface area contributed by atoms with E-state index in [9.17, 15) is 14.4 Å². The van der Waals surface area contributed by atoms with Crippen molar-refractivity contribution in [2.24, 2.45) is 0 Å². The second kappa shape index (κ2) is 8.54. The van der Waals surface area contributed by atoms with Gasteiger partial charge in [0.15, 0.2) is 0 Å². The summed E-state index contributed by atoms with van der Waals surface area (Å²) < 4.78 is 14.9. The lowest BCUT2D eigenvalue weighted by Crippen LogP contribution is -2.38. The highest BCUT2D eigenvalue weighted by Gasteiger charge is 2.32. The van der Waals surface area contributed by atoms with Crippen molar-refractivity contribution in [1.29, 1.82) is 0 Å². The summed E-state index contributed by atoms with van der Waals surface area (Å²) in [5.41, 5.74) is 0.734. The Labute approximate surface area is 148 Å². The van der Waals surface area contributed by atoms with E-state index < -0.39 is 17.9 Å². The Kier molecular flexibility index (Phi) is 6.43. The zero-order chi connectivity index (χ0) is 18.4. The van der Waals surface area contributed by atoms with Crippen molar-refractivity contribution in [3.05, 3.63) is 35.5 Å². The van der Waals surface area contributed by atoms with Crippen LogP contribution in [-0.2, 0) is 28.6 Å². The second-order valence-corrected chi connectivity index (χ2v) is 5.94. The summed E-state index contributed by atoms with van der Waals surface area (Å²) in [5.74, 6) is -2.30. The lowest BCUT2D eigenvalue weighted by molar-refractivity contribution is -0.140. The van der Waals surface area contributed by atoms with Crippen molar-refractivity contribution in [3.8, 4) is 0 Å². The maximum absolute atomic E-state index is 12.2. The minimum atomic E-state index is -0.905. The number of aliphatic carboxylic acids is 1. The van der Waals surface area contributed by atoms with E-state index in [-0.39, 0.29) is 30.4 Å². The van der Waals surface area contributed by atoms with E-state index >= 15 is 0 Å². The average molecular weight is 367 g/mol. The molecule has 0 amide bonds. The number of esters is 2. The molecule has 25 heavy (non-hydrogen) atoms. The molecule has 0 saturated heterocycles. The van der Waals surface area contributed by atoms with Gasteiger partial charge in [-0.3, -0.25) is 4.79 Å². The molecule has 0 spiro atoms. The molecule has 1 aliphatic rings. The molecule has 1 heterocycles. The van der Waals surface area contributed by atoms with Crippen LogP contribution in [0.25, 0.3) is 0 Å². The molecule has 0 atom stereocenters. The molecule has 134 valence electrons. The maximum atomic E-state index is 12.2. The summed E-state index contributed by atoms with van der Waals surface area (Å²) in [5, 5.41) is 8.71. The van der Waals surface area contributed by atoms with Crippen LogP contribution in [0.5, 0.6) is 0 Å². The van der Waals surface area contributed by atoms with Crippen molar-refractivity contribution < 1.29 is 33.7 Å². The fourth-order valence-corrected chi connectivity index (χ4v) is 2.83. The lowest BCUT2D eigenvalue weighted by Gasteiger charge is -2.31. The molecule has 1 N–H and O–H groups in total. The summed E-state index contributed by atoms with van der Waals surface area (Å²) >= 11 is 1.18. The molecule has 0 radical (unpaired) electrons. The monoisotopic (exact) mass is 367 g/mol. The highest BCUT2D eigenvalue weighted by Crippen LogP contribution is 2.28. The molecule has 1 aliphatic heterocycles. The molecule has 2 rings (SSSR count). The van der Waals surface area contributed by atoms with Gasteiger partial charge in [0, 0.05) is 10.6 Å². The van der Waals surface area contributed by atoms with Crippen LogP contribution in [0, 0.1) is 0 Å². The summed E-state index contributed by atoms with van der Waals surface area (Å²) in [4.78, 5) is 37.0. The summed E-state index contributed by atoms with van der Waals surface area (Å²) in [7, 11) is 2.45. The van der Waals surface area contributed by atoms with Crippen molar-refractivity contribution in [2.75, 3.05) is 38.2 Å². The Morgan fingerprint density at radius 2 is 1.80 bits per heavy atom. The van der Waals surface area contributed by atoms with Gasteiger partial charge in [0.05, 0.1) is 32.2 Å². The number of hydrogen-bond donors (Lipinski definition) is 1. The number of methoxy groups -OCH3 is 2. The van der Waals surface area contributed by atoms with Crippen molar-refractivity contribution >= 4 is 35.4 Å². The Morgan fingerprint density at radius 1 is 1.16 bits per heavy atom. The third-order valence-corrected chi connectivity index (χ3v) is 4.34. The molecular weight excluding hydrogens is 350 g/mol. The Morgan fingerprint density at radius 3 is 2.36 bits per heavy atom. The summed E-state index contributed by atoms with van der Waals surface area (Å²) in [6, 6.07) is 6.86. The van der Waals surface area contributed by atoms with Gasteiger partial charge in [0.25, 0.3) is 0 Å². The van der Waals surface area contributed by atoms with Crippen molar-refractivity contribution in [2.45, 2.75) is 4.90 Å². The SMILES string of the molecule is COC(=O)C1=C(C(=O)OC)N(c2ccc(SCC(=O)O)cc2)COC1. The lowest BCUT2D eigenvalue weighted by atomic mass is 10.1. The fraction of sp³-hybridized carbons (Fsp3) is 0.312. The largest absolute Gasteiger partial charge is 0.481 e. The first-order valence-corrected chi connectivity index (χ1v) is 8.16. The molecule has 1 aromatic carbocycles. The number of carbonyl (C=O) groups is 3. The van der Waals surface area contributed by atoms with Crippen LogP contribution in [0.15, 0.2) is 40.4 Å². The van der Waals surface area contributed by atoms with Gasteiger partial charge in [0.2, 0.25) is 0 Å². The zero-order valence-corrected chi connectivity index (χ0v) is 14.5. The Bertz CT molecular complexity index is 699. The predicted molar refractivity (Wildman–Crippen MR) is 89.2 cm³/mol. The molecule has 1 aromatic rings. The molecule has 0 saturated carbocycles. The summed E-state index contributed by atoms with van der Waals surface area (Å²) in [6.07, 6.45) is 0. The van der Waals surface area contributed by atoms with Crippen LogP contribution in [0.2, 0.25) is 0 Å². The molecule has 0 unspecified atom stereocenters. The number of carboxylic acid groups (broad SMARTS) is 1. The second-order valence-electron chi connectivity index (χ2n) is 4.89. The topological polar surface area (TPSA) is 102 Å². The van der Waals surface area contributed by atoms with Crippen LogP contribution < -0.4 is 4.90 Å². The van der Waals surface area contributed by atoms with Crippen LogP contribution in [0.4, 0.5) is 5.69 Å². The van der Waals surface area contributed by atoms with E-state index in [1.165, 1.54) is 30.9 Å². The molecular formula is C16H17NO7S. The van der Waals surface area contributed by atoms with Gasteiger partial charge >= 0.3 is 17.9 Å². The summed E-state index contributed by atoms with van der Waals surface area (Å²) in [6.45, 7) is 0.00664. The first-order chi connectivity index (χ1) is 12.0. The van der Waals surface area contributed by atoms with Gasteiger partial charge in [0.1, 0.15) is 12.4 Å².